The Bertz CT molecular complexity index is 885. The Labute approximate surface area is 118 Å². The summed E-state index contributed by atoms with van der Waals surface area (Å²) in [5, 5.41) is 23.8. The number of benzene rings is 2. The first kappa shape index (κ1) is 12.9. The summed E-state index contributed by atoms with van der Waals surface area (Å²) in [6.45, 7) is 0. The van der Waals surface area contributed by atoms with Gasteiger partial charge >= 0.3 is 0 Å². The molecule has 6 heteroatoms. The van der Waals surface area contributed by atoms with Gasteiger partial charge < -0.3 is 9.62 Å². The maximum atomic E-state index is 10.8. The van der Waals surface area contributed by atoms with Crippen molar-refractivity contribution in [1.29, 1.82) is 0 Å². The number of nitro benzene ring substituents is 1. The van der Waals surface area contributed by atoms with Gasteiger partial charge in [-0.05, 0) is 6.07 Å². The summed E-state index contributed by atoms with van der Waals surface area (Å²) in [4.78, 5) is 10.3. The molecule has 0 aliphatic heterocycles. The molecule has 0 aliphatic carbocycles. The molecule has 0 saturated heterocycles. The highest BCUT2D eigenvalue weighted by molar-refractivity contribution is 5.80. The van der Waals surface area contributed by atoms with Crippen LogP contribution in [0.3, 0.4) is 0 Å². The van der Waals surface area contributed by atoms with Gasteiger partial charge in [-0.3, -0.25) is 10.1 Å². The van der Waals surface area contributed by atoms with Crippen LogP contribution in [0.4, 0.5) is 5.69 Å². The number of non-ortho nitro benzene ring substituents is 1. The average Bonchev–Trinajstić information content (AvgIpc) is 2.54. The van der Waals surface area contributed by atoms with E-state index in [1.807, 2.05) is 30.3 Å². The summed E-state index contributed by atoms with van der Waals surface area (Å²) in [5.41, 5.74) is 1.15. The second-order valence-corrected chi connectivity index (χ2v) is 4.40. The molecule has 0 spiro atoms. The molecule has 2 aromatic carbocycles. The second kappa shape index (κ2) is 5.09. The highest BCUT2D eigenvalue weighted by atomic mass is 16.6. The maximum absolute atomic E-state index is 10.8. The predicted octanol–water partition coefficient (Wildman–Crippen LogP) is 3.30. The molecule has 6 nitrogen and oxygen atoms in total. The summed E-state index contributed by atoms with van der Waals surface area (Å²) in [7, 11) is 0. The molecule has 0 saturated carbocycles. The zero-order valence-corrected chi connectivity index (χ0v) is 10.8. The molecule has 0 unspecified atom stereocenters. The van der Waals surface area contributed by atoms with Crippen LogP contribution in [0.15, 0.2) is 64.2 Å². The van der Waals surface area contributed by atoms with Gasteiger partial charge in [0.1, 0.15) is 16.7 Å². The minimum absolute atomic E-state index is 0.0879. The van der Waals surface area contributed by atoms with Gasteiger partial charge in [-0.15, -0.1) is 0 Å². The molecular formula is C15H10N2O4. The highest BCUT2D eigenvalue weighted by Gasteiger charge is 2.11. The summed E-state index contributed by atoms with van der Waals surface area (Å²) in [6.07, 6.45) is 0. The van der Waals surface area contributed by atoms with E-state index in [-0.39, 0.29) is 11.0 Å². The summed E-state index contributed by atoms with van der Waals surface area (Å²) < 4.78 is 5.73. The van der Waals surface area contributed by atoms with Gasteiger partial charge in [0.05, 0.1) is 10.3 Å². The number of nitrogens with zero attached hydrogens (tertiary/aromatic N) is 2. The Morgan fingerprint density at radius 3 is 2.52 bits per heavy atom. The van der Waals surface area contributed by atoms with E-state index in [1.165, 1.54) is 18.2 Å². The zero-order valence-electron chi connectivity index (χ0n) is 10.8. The molecule has 1 heterocycles. The standard InChI is InChI=1S/C15H10N2O4/c18-16-13-9-15(10-4-2-1-3-5-10)21-14-7-6-11(17(19)20)8-12(13)14/h1-9,18H/b16-13-. The second-order valence-electron chi connectivity index (χ2n) is 4.40. The van der Waals surface area contributed by atoms with Gasteiger partial charge in [0.2, 0.25) is 0 Å². The summed E-state index contributed by atoms with van der Waals surface area (Å²) in [5.74, 6) is 0.518. The molecule has 3 aromatic rings. The number of nitro groups is 1. The van der Waals surface area contributed by atoms with Crippen LogP contribution in [-0.4, -0.2) is 10.1 Å². The topological polar surface area (TPSA) is 88.9 Å². The Kier molecular flexibility index (Phi) is 3.12. The smallest absolute Gasteiger partial charge is 0.270 e. The molecule has 0 bridgehead atoms. The van der Waals surface area contributed by atoms with Gasteiger partial charge in [0.25, 0.3) is 5.69 Å². The molecule has 0 atom stereocenters. The molecular weight excluding hydrogens is 272 g/mol. The molecule has 104 valence electrons. The van der Waals surface area contributed by atoms with Crippen molar-refractivity contribution in [3.05, 3.63) is 70.1 Å². The van der Waals surface area contributed by atoms with Gasteiger partial charge in [0.15, 0.2) is 0 Å². The fourth-order valence-electron chi connectivity index (χ4n) is 2.10. The molecule has 0 radical (unpaired) electrons. The van der Waals surface area contributed by atoms with E-state index in [9.17, 15) is 10.1 Å². The summed E-state index contributed by atoms with van der Waals surface area (Å²) in [6, 6.07) is 15.0. The van der Waals surface area contributed by atoms with Crippen LogP contribution < -0.4 is 5.36 Å². The molecule has 3 rings (SSSR count). The van der Waals surface area contributed by atoms with Crippen LogP contribution in [0.2, 0.25) is 0 Å². The monoisotopic (exact) mass is 282 g/mol. The largest absolute Gasteiger partial charge is 0.456 e. The van der Waals surface area contributed by atoms with E-state index in [1.54, 1.807) is 6.07 Å². The fourth-order valence-corrected chi connectivity index (χ4v) is 2.10. The lowest BCUT2D eigenvalue weighted by atomic mass is 10.1. The first-order valence-corrected chi connectivity index (χ1v) is 6.15. The number of hydrogen-bond acceptors (Lipinski definition) is 5. The molecule has 1 aromatic heterocycles. The van der Waals surface area contributed by atoms with Crippen LogP contribution in [0.1, 0.15) is 0 Å². The SMILES string of the molecule is O=[N+]([O-])c1ccc2oc(-c3ccccc3)c/c(=N/O)c2c1. The zero-order chi connectivity index (χ0) is 14.8. The normalized spacial score (nSPS) is 11.7. The molecule has 0 amide bonds. The third-order valence-electron chi connectivity index (χ3n) is 3.10. The Morgan fingerprint density at radius 1 is 1.10 bits per heavy atom. The van der Waals surface area contributed by atoms with Crippen molar-refractivity contribution in [2.45, 2.75) is 0 Å². The average molecular weight is 282 g/mol. The van der Waals surface area contributed by atoms with E-state index in [4.69, 9.17) is 9.62 Å². The van der Waals surface area contributed by atoms with E-state index in [2.05, 4.69) is 5.16 Å². The van der Waals surface area contributed by atoms with Crippen molar-refractivity contribution in [1.82, 2.24) is 0 Å². The lowest BCUT2D eigenvalue weighted by molar-refractivity contribution is -0.384. The highest BCUT2D eigenvalue weighted by Crippen LogP contribution is 2.24. The van der Waals surface area contributed by atoms with E-state index < -0.39 is 4.92 Å². The Hall–Kier alpha value is -3.15. The Balaban J connectivity index is 2.29. The molecule has 0 aliphatic rings. The van der Waals surface area contributed by atoms with Crippen molar-refractivity contribution in [2.75, 3.05) is 0 Å². The van der Waals surface area contributed by atoms with E-state index >= 15 is 0 Å². The van der Waals surface area contributed by atoms with Crippen molar-refractivity contribution in [3.63, 3.8) is 0 Å². The van der Waals surface area contributed by atoms with Gasteiger partial charge in [-0.2, -0.15) is 0 Å². The number of hydrogen-bond donors (Lipinski definition) is 1. The lowest BCUT2D eigenvalue weighted by Crippen LogP contribution is -2.04. The number of rotatable bonds is 2. The van der Waals surface area contributed by atoms with E-state index in [0.29, 0.717) is 16.7 Å². The quantitative estimate of drug-likeness (QED) is 0.443. The summed E-state index contributed by atoms with van der Waals surface area (Å²) >= 11 is 0. The first-order valence-electron chi connectivity index (χ1n) is 6.15. The van der Waals surface area contributed by atoms with Crippen LogP contribution >= 0.6 is 0 Å². The van der Waals surface area contributed by atoms with Crippen molar-refractivity contribution >= 4 is 16.7 Å². The third kappa shape index (κ3) is 2.34. The molecule has 0 fully saturated rings. The van der Waals surface area contributed by atoms with Gasteiger partial charge in [-0.25, -0.2) is 0 Å². The van der Waals surface area contributed by atoms with Gasteiger partial charge in [0, 0.05) is 23.8 Å². The van der Waals surface area contributed by atoms with Gasteiger partial charge in [-0.1, -0.05) is 35.5 Å². The molecule has 1 N–H and O–H groups in total. The minimum atomic E-state index is -0.508. The molecule has 21 heavy (non-hydrogen) atoms. The van der Waals surface area contributed by atoms with Crippen LogP contribution in [0.5, 0.6) is 0 Å². The Morgan fingerprint density at radius 2 is 1.86 bits per heavy atom. The third-order valence-corrected chi connectivity index (χ3v) is 3.10. The van der Waals surface area contributed by atoms with Crippen LogP contribution in [0.25, 0.3) is 22.3 Å². The predicted molar refractivity (Wildman–Crippen MR) is 75.7 cm³/mol. The van der Waals surface area contributed by atoms with Crippen molar-refractivity contribution in [3.8, 4) is 11.3 Å². The van der Waals surface area contributed by atoms with Crippen molar-refractivity contribution < 1.29 is 14.5 Å². The van der Waals surface area contributed by atoms with Crippen LogP contribution in [-0.2, 0) is 0 Å². The maximum Gasteiger partial charge on any atom is 0.270 e. The lowest BCUT2D eigenvalue weighted by Gasteiger charge is -2.04. The fraction of sp³-hybridized carbons (Fsp3) is 0. The van der Waals surface area contributed by atoms with E-state index in [0.717, 1.165) is 5.56 Å². The first-order chi connectivity index (χ1) is 10.2. The number of fused-ring (bicyclic) bond motifs is 1. The van der Waals surface area contributed by atoms with Crippen LogP contribution in [0, 0.1) is 10.1 Å². The van der Waals surface area contributed by atoms with Crippen molar-refractivity contribution in [2.24, 2.45) is 5.16 Å². The minimum Gasteiger partial charge on any atom is -0.456 e.